The molecule has 1 aromatic heterocycles. The van der Waals surface area contributed by atoms with Gasteiger partial charge in [-0.3, -0.25) is 0 Å². The third-order valence-electron chi connectivity index (χ3n) is 3.70. The first-order valence-corrected chi connectivity index (χ1v) is 10.6. The zero-order chi connectivity index (χ0) is 18.6. The highest BCUT2D eigenvalue weighted by molar-refractivity contribution is 7.89. The molecule has 136 valence electrons. The van der Waals surface area contributed by atoms with Gasteiger partial charge in [0.15, 0.2) is 0 Å². The van der Waals surface area contributed by atoms with Crippen LogP contribution in [0, 0.1) is 6.92 Å². The summed E-state index contributed by atoms with van der Waals surface area (Å²) in [6.45, 7) is 4.59. The van der Waals surface area contributed by atoms with Crippen LogP contribution in [0.15, 0.2) is 58.8 Å². The first kappa shape index (κ1) is 18.6. The summed E-state index contributed by atoms with van der Waals surface area (Å²) < 4.78 is 32.9. The van der Waals surface area contributed by atoms with Gasteiger partial charge in [0.1, 0.15) is 10.8 Å². The smallest absolute Gasteiger partial charge is 0.240 e. The lowest BCUT2D eigenvalue weighted by Crippen LogP contribution is -2.23. The Morgan fingerprint density at radius 1 is 1.15 bits per heavy atom. The van der Waals surface area contributed by atoms with E-state index in [2.05, 4.69) is 9.71 Å². The molecule has 7 heteroatoms. The molecule has 0 atom stereocenters. The van der Waals surface area contributed by atoms with Crippen molar-refractivity contribution >= 4 is 21.4 Å². The van der Waals surface area contributed by atoms with Crippen molar-refractivity contribution in [3.05, 3.63) is 65.2 Å². The zero-order valence-corrected chi connectivity index (χ0v) is 16.2. The molecule has 0 bridgehead atoms. The van der Waals surface area contributed by atoms with E-state index in [9.17, 15) is 8.42 Å². The number of hydrogen-bond donors (Lipinski definition) is 1. The van der Waals surface area contributed by atoms with Crippen LogP contribution in [0.4, 0.5) is 0 Å². The standard InChI is InChI=1S/C19H20N2O3S2/c1-3-24-17-7-9-18(10-8-17)26(22,23)20-12-15-5-4-6-16(11-15)19-21-14(2)13-25-19/h4-11,13,20H,3,12H2,1-2H3. The summed E-state index contributed by atoms with van der Waals surface area (Å²) >= 11 is 1.58. The van der Waals surface area contributed by atoms with Gasteiger partial charge in [-0.25, -0.2) is 18.1 Å². The molecule has 1 heterocycles. The topological polar surface area (TPSA) is 68.3 Å². The van der Waals surface area contributed by atoms with Crippen molar-refractivity contribution in [2.45, 2.75) is 25.3 Å². The van der Waals surface area contributed by atoms with Crippen molar-refractivity contribution in [1.29, 1.82) is 0 Å². The van der Waals surface area contributed by atoms with E-state index in [0.29, 0.717) is 12.4 Å². The molecule has 0 aliphatic carbocycles. The maximum absolute atomic E-state index is 12.5. The number of thiazole rings is 1. The Hall–Kier alpha value is -2.22. The van der Waals surface area contributed by atoms with E-state index in [0.717, 1.165) is 21.8 Å². The number of sulfonamides is 1. The summed E-state index contributed by atoms with van der Waals surface area (Å²) in [4.78, 5) is 4.69. The molecule has 5 nitrogen and oxygen atoms in total. The maximum atomic E-state index is 12.5. The fourth-order valence-electron chi connectivity index (χ4n) is 2.44. The third-order valence-corrected chi connectivity index (χ3v) is 6.13. The first-order valence-electron chi connectivity index (χ1n) is 8.22. The second kappa shape index (κ2) is 7.99. The van der Waals surface area contributed by atoms with Gasteiger partial charge >= 0.3 is 0 Å². The fourth-order valence-corrected chi connectivity index (χ4v) is 4.26. The maximum Gasteiger partial charge on any atom is 0.240 e. The van der Waals surface area contributed by atoms with Gasteiger partial charge in [-0.05, 0) is 49.7 Å². The number of ether oxygens (including phenoxy) is 1. The molecule has 26 heavy (non-hydrogen) atoms. The summed E-state index contributed by atoms with van der Waals surface area (Å²) in [6.07, 6.45) is 0. The van der Waals surface area contributed by atoms with Crippen molar-refractivity contribution < 1.29 is 13.2 Å². The van der Waals surface area contributed by atoms with E-state index in [4.69, 9.17) is 4.74 Å². The summed E-state index contributed by atoms with van der Waals surface area (Å²) in [7, 11) is -3.58. The molecule has 0 radical (unpaired) electrons. The minimum absolute atomic E-state index is 0.215. The van der Waals surface area contributed by atoms with Crippen LogP contribution in [0.3, 0.4) is 0 Å². The van der Waals surface area contributed by atoms with E-state index in [1.54, 1.807) is 35.6 Å². The van der Waals surface area contributed by atoms with Gasteiger partial charge in [0.25, 0.3) is 0 Å². The van der Waals surface area contributed by atoms with Gasteiger partial charge in [-0.2, -0.15) is 0 Å². The molecular weight excluding hydrogens is 368 g/mol. The molecule has 0 unspecified atom stereocenters. The summed E-state index contributed by atoms with van der Waals surface area (Å²) in [6, 6.07) is 14.1. The van der Waals surface area contributed by atoms with Crippen LogP contribution in [0.2, 0.25) is 0 Å². The summed E-state index contributed by atoms with van der Waals surface area (Å²) in [5.74, 6) is 0.651. The number of nitrogens with one attached hydrogen (secondary N) is 1. The summed E-state index contributed by atoms with van der Waals surface area (Å²) in [5, 5.41) is 2.93. The van der Waals surface area contributed by atoms with E-state index < -0.39 is 10.0 Å². The van der Waals surface area contributed by atoms with Crippen LogP contribution in [0.5, 0.6) is 5.75 Å². The number of aromatic nitrogens is 1. The Morgan fingerprint density at radius 2 is 1.92 bits per heavy atom. The van der Waals surface area contributed by atoms with Crippen LogP contribution < -0.4 is 9.46 Å². The van der Waals surface area contributed by atoms with Crippen LogP contribution in [0.25, 0.3) is 10.6 Å². The Kier molecular flexibility index (Phi) is 5.70. The van der Waals surface area contributed by atoms with Crippen LogP contribution >= 0.6 is 11.3 Å². The molecule has 3 aromatic rings. The average molecular weight is 389 g/mol. The van der Waals surface area contributed by atoms with Crippen molar-refractivity contribution in [2.24, 2.45) is 0 Å². The predicted molar refractivity (Wildman–Crippen MR) is 104 cm³/mol. The molecular formula is C19H20N2O3S2. The van der Waals surface area contributed by atoms with Crippen molar-refractivity contribution in [3.8, 4) is 16.3 Å². The number of rotatable bonds is 7. The van der Waals surface area contributed by atoms with Gasteiger partial charge < -0.3 is 4.74 Å². The minimum atomic E-state index is -3.58. The largest absolute Gasteiger partial charge is 0.494 e. The lowest BCUT2D eigenvalue weighted by atomic mass is 10.1. The van der Waals surface area contributed by atoms with Crippen LogP contribution in [0.1, 0.15) is 18.2 Å². The lowest BCUT2D eigenvalue weighted by Gasteiger charge is -2.09. The highest BCUT2D eigenvalue weighted by Gasteiger charge is 2.14. The zero-order valence-electron chi connectivity index (χ0n) is 14.6. The first-order chi connectivity index (χ1) is 12.5. The Labute approximate surface area is 157 Å². The van der Waals surface area contributed by atoms with Gasteiger partial charge in [-0.1, -0.05) is 18.2 Å². The Morgan fingerprint density at radius 3 is 2.58 bits per heavy atom. The SMILES string of the molecule is CCOc1ccc(S(=O)(=O)NCc2cccc(-c3nc(C)cs3)c2)cc1. The van der Waals surface area contributed by atoms with E-state index >= 15 is 0 Å². The number of hydrogen-bond acceptors (Lipinski definition) is 5. The second-order valence-electron chi connectivity index (χ2n) is 5.72. The molecule has 0 spiro atoms. The summed E-state index contributed by atoms with van der Waals surface area (Å²) in [5.41, 5.74) is 2.84. The molecule has 0 amide bonds. The number of benzene rings is 2. The molecule has 2 aromatic carbocycles. The Bertz CT molecular complexity index is 980. The quantitative estimate of drug-likeness (QED) is 0.664. The molecule has 0 saturated heterocycles. The third kappa shape index (κ3) is 4.49. The van der Waals surface area contributed by atoms with E-state index in [-0.39, 0.29) is 11.4 Å². The number of nitrogens with zero attached hydrogens (tertiary/aromatic N) is 1. The second-order valence-corrected chi connectivity index (χ2v) is 8.35. The minimum Gasteiger partial charge on any atom is -0.494 e. The van der Waals surface area contributed by atoms with Gasteiger partial charge in [-0.15, -0.1) is 11.3 Å². The van der Waals surface area contributed by atoms with Crippen LogP contribution in [-0.4, -0.2) is 20.0 Å². The molecule has 0 aliphatic heterocycles. The Balaban J connectivity index is 1.71. The average Bonchev–Trinajstić information content (AvgIpc) is 3.08. The fraction of sp³-hybridized carbons (Fsp3) is 0.211. The molecule has 1 N–H and O–H groups in total. The van der Waals surface area contributed by atoms with Crippen molar-refractivity contribution in [2.75, 3.05) is 6.61 Å². The highest BCUT2D eigenvalue weighted by Crippen LogP contribution is 2.24. The lowest BCUT2D eigenvalue weighted by molar-refractivity contribution is 0.340. The van der Waals surface area contributed by atoms with Gasteiger partial charge in [0.05, 0.1) is 11.5 Å². The predicted octanol–water partition coefficient (Wildman–Crippen LogP) is 4.00. The van der Waals surface area contributed by atoms with Gasteiger partial charge in [0, 0.05) is 23.2 Å². The molecule has 0 aliphatic rings. The van der Waals surface area contributed by atoms with E-state index in [1.165, 1.54) is 0 Å². The van der Waals surface area contributed by atoms with Crippen LogP contribution in [-0.2, 0) is 16.6 Å². The highest BCUT2D eigenvalue weighted by atomic mass is 32.2. The van der Waals surface area contributed by atoms with Crippen molar-refractivity contribution in [3.63, 3.8) is 0 Å². The normalized spacial score (nSPS) is 11.5. The molecule has 0 saturated carbocycles. The van der Waals surface area contributed by atoms with Gasteiger partial charge in [0.2, 0.25) is 10.0 Å². The van der Waals surface area contributed by atoms with Crippen molar-refractivity contribution in [1.82, 2.24) is 9.71 Å². The molecule has 0 fully saturated rings. The number of aryl methyl sites for hydroxylation is 1. The monoisotopic (exact) mass is 388 g/mol. The van der Waals surface area contributed by atoms with E-state index in [1.807, 2.05) is 43.5 Å². The molecule has 3 rings (SSSR count).